The van der Waals surface area contributed by atoms with Crippen LogP contribution in [0.25, 0.3) is 11.3 Å². The van der Waals surface area contributed by atoms with E-state index in [2.05, 4.69) is 34.8 Å². The normalized spacial score (nSPS) is 11.0. The number of halogens is 2. The van der Waals surface area contributed by atoms with E-state index in [1.54, 1.807) is 23.5 Å². The average Bonchev–Trinajstić information content (AvgIpc) is 2.77. The second-order valence-corrected chi connectivity index (χ2v) is 8.00. The number of thiazole rings is 1. The van der Waals surface area contributed by atoms with Gasteiger partial charge in [-0.25, -0.2) is 4.98 Å². The fourth-order valence-corrected chi connectivity index (χ4v) is 3.99. The summed E-state index contributed by atoms with van der Waals surface area (Å²) in [7, 11) is 0. The lowest BCUT2D eigenvalue weighted by molar-refractivity contribution is -0.119. The summed E-state index contributed by atoms with van der Waals surface area (Å²) in [5.41, 5.74) is 6.91. The molecular formula is C15H16BrClN2O2S. The van der Waals surface area contributed by atoms with E-state index in [1.165, 1.54) is 4.88 Å². The molecule has 4 nitrogen and oxygen atoms in total. The van der Waals surface area contributed by atoms with Gasteiger partial charge in [0.2, 0.25) is 0 Å². The van der Waals surface area contributed by atoms with Crippen molar-refractivity contribution in [2.24, 2.45) is 11.7 Å². The van der Waals surface area contributed by atoms with Gasteiger partial charge in [-0.15, -0.1) is 11.3 Å². The van der Waals surface area contributed by atoms with Gasteiger partial charge in [0.05, 0.1) is 10.7 Å². The van der Waals surface area contributed by atoms with Crippen LogP contribution in [0.4, 0.5) is 0 Å². The number of hydrogen-bond donors (Lipinski definition) is 1. The van der Waals surface area contributed by atoms with Crippen LogP contribution < -0.4 is 10.5 Å². The van der Waals surface area contributed by atoms with Crippen molar-refractivity contribution in [2.45, 2.75) is 20.3 Å². The third-order valence-electron chi connectivity index (χ3n) is 2.84. The predicted molar refractivity (Wildman–Crippen MR) is 93.5 cm³/mol. The van der Waals surface area contributed by atoms with E-state index < -0.39 is 5.91 Å². The molecule has 0 radical (unpaired) electrons. The van der Waals surface area contributed by atoms with Gasteiger partial charge in [-0.1, -0.05) is 25.4 Å². The molecule has 0 atom stereocenters. The lowest BCUT2D eigenvalue weighted by Gasteiger charge is -2.09. The SMILES string of the molecule is CC(C)Cc1sc(Br)nc1-c1ccc(OCC(N)=O)c(Cl)c1. The molecule has 0 spiro atoms. The zero-order valence-electron chi connectivity index (χ0n) is 12.2. The fourth-order valence-electron chi connectivity index (χ4n) is 1.97. The molecule has 2 N–H and O–H groups in total. The van der Waals surface area contributed by atoms with E-state index in [0.717, 1.165) is 21.6 Å². The van der Waals surface area contributed by atoms with E-state index in [-0.39, 0.29) is 6.61 Å². The lowest BCUT2D eigenvalue weighted by atomic mass is 10.0. The first-order chi connectivity index (χ1) is 10.4. The quantitative estimate of drug-likeness (QED) is 0.782. The van der Waals surface area contributed by atoms with Gasteiger partial charge in [0.15, 0.2) is 10.5 Å². The Morgan fingerprint density at radius 2 is 2.23 bits per heavy atom. The fraction of sp³-hybridized carbons (Fsp3) is 0.333. The number of amides is 1. The molecule has 0 unspecified atom stereocenters. The van der Waals surface area contributed by atoms with Crippen molar-refractivity contribution in [2.75, 3.05) is 6.61 Å². The van der Waals surface area contributed by atoms with Crippen LogP contribution in [-0.4, -0.2) is 17.5 Å². The number of aromatic nitrogens is 1. The van der Waals surface area contributed by atoms with Gasteiger partial charge in [-0.3, -0.25) is 4.79 Å². The Labute approximate surface area is 146 Å². The molecule has 0 aliphatic heterocycles. The number of carbonyl (C=O) groups is 1. The number of nitrogens with zero attached hydrogens (tertiary/aromatic N) is 1. The highest BCUT2D eigenvalue weighted by molar-refractivity contribution is 9.11. The Morgan fingerprint density at radius 1 is 1.50 bits per heavy atom. The van der Waals surface area contributed by atoms with Crippen LogP contribution in [0.2, 0.25) is 5.02 Å². The van der Waals surface area contributed by atoms with E-state index in [1.807, 2.05) is 6.07 Å². The summed E-state index contributed by atoms with van der Waals surface area (Å²) in [6, 6.07) is 5.41. The van der Waals surface area contributed by atoms with Crippen molar-refractivity contribution >= 4 is 44.8 Å². The first kappa shape index (κ1) is 17.2. The second-order valence-electron chi connectivity index (χ2n) is 5.24. The smallest absolute Gasteiger partial charge is 0.255 e. The zero-order chi connectivity index (χ0) is 16.3. The predicted octanol–water partition coefficient (Wildman–Crippen LogP) is 4.29. The number of primary amides is 1. The van der Waals surface area contributed by atoms with Crippen molar-refractivity contribution in [1.29, 1.82) is 0 Å². The van der Waals surface area contributed by atoms with Crippen molar-refractivity contribution in [3.8, 4) is 17.0 Å². The maximum absolute atomic E-state index is 10.8. The molecule has 7 heteroatoms. The third kappa shape index (κ3) is 4.44. The largest absolute Gasteiger partial charge is 0.482 e. The van der Waals surface area contributed by atoms with E-state index in [0.29, 0.717) is 16.7 Å². The molecule has 22 heavy (non-hydrogen) atoms. The van der Waals surface area contributed by atoms with Crippen LogP contribution in [0.3, 0.4) is 0 Å². The Balaban J connectivity index is 2.30. The molecule has 1 aromatic carbocycles. The molecule has 0 fully saturated rings. The molecule has 2 rings (SSSR count). The van der Waals surface area contributed by atoms with Gasteiger partial charge >= 0.3 is 0 Å². The third-order valence-corrected chi connectivity index (χ3v) is 4.66. The molecule has 1 heterocycles. The van der Waals surface area contributed by atoms with Gasteiger partial charge in [-0.05, 0) is 46.5 Å². The molecular weight excluding hydrogens is 388 g/mol. The maximum Gasteiger partial charge on any atom is 0.255 e. The van der Waals surface area contributed by atoms with Crippen molar-refractivity contribution in [3.63, 3.8) is 0 Å². The van der Waals surface area contributed by atoms with E-state index in [4.69, 9.17) is 22.1 Å². The standard InChI is InChI=1S/C15H16BrClN2O2S/c1-8(2)5-12-14(19-15(16)22-12)9-3-4-11(10(17)6-9)21-7-13(18)20/h3-4,6,8H,5,7H2,1-2H3,(H2,18,20). The van der Waals surface area contributed by atoms with Crippen molar-refractivity contribution in [3.05, 3.63) is 32.0 Å². The molecule has 1 amide bonds. The van der Waals surface area contributed by atoms with E-state index in [9.17, 15) is 4.79 Å². The molecule has 0 saturated heterocycles. The Morgan fingerprint density at radius 3 is 2.82 bits per heavy atom. The summed E-state index contributed by atoms with van der Waals surface area (Å²) in [5.74, 6) is 0.437. The molecule has 0 bridgehead atoms. The summed E-state index contributed by atoms with van der Waals surface area (Å²) in [5, 5.41) is 0.429. The molecule has 1 aromatic heterocycles. The van der Waals surface area contributed by atoms with Crippen LogP contribution in [0.5, 0.6) is 5.75 Å². The number of rotatable bonds is 6. The highest BCUT2D eigenvalue weighted by atomic mass is 79.9. The minimum Gasteiger partial charge on any atom is -0.482 e. The first-order valence-electron chi connectivity index (χ1n) is 6.73. The monoisotopic (exact) mass is 402 g/mol. The number of carbonyl (C=O) groups excluding carboxylic acids is 1. The Bertz CT molecular complexity index is 688. The summed E-state index contributed by atoms with van der Waals surface area (Å²) in [4.78, 5) is 16.5. The highest BCUT2D eigenvalue weighted by Gasteiger charge is 2.15. The molecule has 0 aliphatic rings. The Hall–Kier alpha value is -1.11. The summed E-state index contributed by atoms with van der Waals surface area (Å²) in [6.45, 7) is 4.15. The number of benzene rings is 1. The zero-order valence-corrected chi connectivity index (χ0v) is 15.4. The number of hydrogen-bond acceptors (Lipinski definition) is 4. The van der Waals surface area contributed by atoms with Crippen LogP contribution in [-0.2, 0) is 11.2 Å². The second kappa shape index (κ2) is 7.44. The van der Waals surface area contributed by atoms with Gasteiger partial charge < -0.3 is 10.5 Å². The molecule has 0 saturated carbocycles. The molecule has 118 valence electrons. The maximum atomic E-state index is 10.8. The number of nitrogens with two attached hydrogens (primary N) is 1. The minimum absolute atomic E-state index is 0.195. The van der Waals surface area contributed by atoms with Gasteiger partial charge in [0.25, 0.3) is 5.91 Å². The first-order valence-corrected chi connectivity index (χ1v) is 8.71. The Kier molecular flexibility index (Phi) is 5.83. The van der Waals surface area contributed by atoms with Crippen LogP contribution >= 0.6 is 38.9 Å². The summed E-state index contributed by atoms with van der Waals surface area (Å²) >= 11 is 11.3. The van der Waals surface area contributed by atoms with Gasteiger partial charge in [-0.2, -0.15) is 0 Å². The topological polar surface area (TPSA) is 65.2 Å². The van der Waals surface area contributed by atoms with Crippen LogP contribution in [0.15, 0.2) is 22.1 Å². The minimum atomic E-state index is -0.539. The van der Waals surface area contributed by atoms with Crippen molar-refractivity contribution in [1.82, 2.24) is 4.98 Å². The number of ether oxygens (including phenoxy) is 1. The summed E-state index contributed by atoms with van der Waals surface area (Å²) < 4.78 is 6.11. The highest BCUT2D eigenvalue weighted by Crippen LogP contribution is 2.36. The van der Waals surface area contributed by atoms with Crippen LogP contribution in [0.1, 0.15) is 18.7 Å². The molecule has 0 aliphatic carbocycles. The van der Waals surface area contributed by atoms with Gasteiger partial charge in [0.1, 0.15) is 5.75 Å². The lowest BCUT2D eigenvalue weighted by Crippen LogP contribution is -2.20. The van der Waals surface area contributed by atoms with E-state index >= 15 is 0 Å². The summed E-state index contributed by atoms with van der Waals surface area (Å²) in [6.07, 6.45) is 0.955. The molecule has 2 aromatic rings. The van der Waals surface area contributed by atoms with Crippen LogP contribution in [0, 0.1) is 5.92 Å². The average molecular weight is 404 g/mol. The van der Waals surface area contributed by atoms with Crippen molar-refractivity contribution < 1.29 is 9.53 Å². The van der Waals surface area contributed by atoms with Gasteiger partial charge in [0, 0.05) is 10.4 Å².